The van der Waals surface area contributed by atoms with Gasteiger partial charge in [0, 0.05) is 25.8 Å². The molecule has 18 heavy (non-hydrogen) atoms. The van der Waals surface area contributed by atoms with Gasteiger partial charge in [-0.05, 0) is 30.9 Å². The topological polar surface area (TPSA) is 60.8 Å². The minimum absolute atomic E-state index is 0.0358. The minimum atomic E-state index is -0.717. The van der Waals surface area contributed by atoms with Crippen molar-refractivity contribution in [2.75, 3.05) is 19.7 Å². The summed E-state index contributed by atoms with van der Waals surface area (Å²) in [6, 6.07) is 3.51. The number of hydrogen-bond acceptors (Lipinski definition) is 3. The third-order valence-corrected chi connectivity index (χ3v) is 3.25. The number of aliphatic hydroxyl groups excluding tert-OH is 1. The molecule has 1 amide bonds. The van der Waals surface area contributed by atoms with Gasteiger partial charge in [-0.1, -0.05) is 0 Å². The summed E-state index contributed by atoms with van der Waals surface area (Å²) in [5, 5.41) is 18.2. The molecule has 0 radical (unpaired) electrons. The molecule has 1 aromatic carbocycles. The number of phenols is 1. The summed E-state index contributed by atoms with van der Waals surface area (Å²) in [4.78, 5) is 13.7. The number of phenolic OH excluding ortho intramolecular Hbond substituents is 1. The molecule has 1 aliphatic rings. The Labute approximate surface area is 105 Å². The van der Waals surface area contributed by atoms with Crippen molar-refractivity contribution in [2.45, 2.75) is 12.8 Å². The van der Waals surface area contributed by atoms with E-state index in [1.165, 1.54) is 12.1 Å². The number of halogens is 1. The number of piperidine rings is 1. The Bertz CT molecular complexity index is 450. The Hall–Kier alpha value is -1.62. The van der Waals surface area contributed by atoms with Crippen LogP contribution in [0.3, 0.4) is 0 Å². The molecular weight excluding hydrogens is 237 g/mol. The van der Waals surface area contributed by atoms with Gasteiger partial charge in [0.25, 0.3) is 5.91 Å². The highest BCUT2D eigenvalue weighted by atomic mass is 19.1. The molecule has 2 N–H and O–H groups in total. The number of amides is 1. The SMILES string of the molecule is O=C(c1ccc(O)cc1F)N1CCCC(CO)C1. The molecule has 1 saturated heterocycles. The standard InChI is InChI=1S/C13H16FNO3/c14-12-6-10(17)3-4-11(12)13(18)15-5-1-2-9(7-15)8-16/h3-4,6,9,16-17H,1-2,5,7-8H2. The van der Waals surface area contributed by atoms with E-state index in [2.05, 4.69) is 0 Å². The van der Waals surface area contributed by atoms with Gasteiger partial charge in [-0.15, -0.1) is 0 Å². The second kappa shape index (κ2) is 5.35. The van der Waals surface area contributed by atoms with E-state index in [0.717, 1.165) is 18.9 Å². The molecule has 5 heteroatoms. The summed E-state index contributed by atoms with van der Waals surface area (Å²) >= 11 is 0. The Morgan fingerprint density at radius 1 is 1.50 bits per heavy atom. The fourth-order valence-corrected chi connectivity index (χ4v) is 2.25. The summed E-state index contributed by atoms with van der Waals surface area (Å²) < 4.78 is 13.6. The van der Waals surface area contributed by atoms with E-state index in [1.807, 2.05) is 0 Å². The van der Waals surface area contributed by atoms with Crippen molar-refractivity contribution in [1.82, 2.24) is 4.90 Å². The number of carbonyl (C=O) groups is 1. The Balaban J connectivity index is 2.15. The van der Waals surface area contributed by atoms with Crippen LogP contribution in [0.25, 0.3) is 0 Å². The lowest BCUT2D eigenvalue weighted by atomic mass is 9.98. The van der Waals surface area contributed by atoms with Crippen LogP contribution >= 0.6 is 0 Å². The molecule has 0 aromatic heterocycles. The first kappa shape index (κ1) is 12.8. The van der Waals surface area contributed by atoms with Crippen molar-refractivity contribution >= 4 is 5.91 Å². The molecule has 1 fully saturated rings. The summed E-state index contributed by atoms with van der Waals surface area (Å²) in [5.74, 6) is -1.23. The number of carbonyl (C=O) groups excluding carboxylic acids is 1. The van der Waals surface area contributed by atoms with E-state index < -0.39 is 5.82 Å². The molecule has 1 aromatic rings. The van der Waals surface area contributed by atoms with Gasteiger partial charge in [0.2, 0.25) is 0 Å². The van der Waals surface area contributed by atoms with Gasteiger partial charge in [-0.2, -0.15) is 0 Å². The average molecular weight is 253 g/mol. The van der Waals surface area contributed by atoms with Crippen LogP contribution in [0.1, 0.15) is 23.2 Å². The Morgan fingerprint density at radius 2 is 2.28 bits per heavy atom. The number of rotatable bonds is 2. The monoisotopic (exact) mass is 253 g/mol. The van der Waals surface area contributed by atoms with E-state index in [4.69, 9.17) is 10.2 Å². The average Bonchev–Trinajstić information content (AvgIpc) is 2.38. The maximum atomic E-state index is 13.6. The maximum Gasteiger partial charge on any atom is 0.256 e. The van der Waals surface area contributed by atoms with Crippen LogP contribution < -0.4 is 0 Å². The second-order valence-electron chi connectivity index (χ2n) is 4.61. The summed E-state index contributed by atoms with van der Waals surface area (Å²) in [7, 11) is 0. The number of likely N-dealkylation sites (tertiary alicyclic amines) is 1. The molecule has 1 heterocycles. The number of nitrogens with zero attached hydrogens (tertiary/aromatic N) is 1. The summed E-state index contributed by atoms with van der Waals surface area (Å²) in [6.45, 7) is 1.08. The van der Waals surface area contributed by atoms with E-state index in [-0.39, 0.29) is 29.7 Å². The van der Waals surface area contributed by atoms with Gasteiger partial charge in [0.05, 0.1) is 5.56 Å². The zero-order valence-corrected chi connectivity index (χ0v) is 9.97. The van der Waals surface area contributed by atoms with Crippen LogP contribution in [0.15, 0.2) is 18.2 Å². The van der Waals surface area contributed by atoms with Crippen LogP contribution in [0.5, 0.6) is 5.75 Å². The van der Waals surface area contributed by atoms with Gasteiger partial charge >= 0.3 is 0 Å². The van der Waals surface area contributed by atoms with Gasteiger partial charge in [-0.3, -0.25) is 4.79 Å². The molecular formula is C13H16FNO3. The smallest absolute Gasteiger partial charge is 0.256 e. The van der Waals surface area contributed by atoms with Crippen LogP contribution in [-0.2, 0) is 0 Å². The van der Waals surface area contributed by atoms with Crippen LogP contribution in [0.4, 0.5) is 4.39 Å². The molecule has 0 bridgehead atoms. The largest absolute Gasteiger partial charge is 0.508 e. The fourth-order valence-electron chi connectivity index (χ4n) is 2.25. The van der Waals surface area contributed by atoms with Crippen molar-refractivity contribution in [3.63, 3.8) is 0 Å². The van der Waals surface area contributed by atoms with Crippen molar-refractivity contribution in [3.8, 4) is 5.75 Å². The zero-order chi connectivity index (χ0) is 13.1. The first-order valence-electron chi connectivity index (χ1n) is 6.00. The summed E-state index contributed by atoms with van der Waals surface area (Å²) in [6.07, 6.45) is 1.70. The van der Waals surface area contributed by atoms with Gasteiger partial charge in [0.15, 0.2) is 0 Å². The number of benzene rings is 1. The van der Waals surface area contributed by atoms with E-state index in [0.29, 0.717) is 13.1 Å². The third kappa shape index (κ3) is 2.61. The molecule has 0 spiro atoms. The van der Waals surface area contributed by atoms with E-state index in [9.17, 15) is 9.18 Å². The molecule has 1 atom stereocenters. The fraction of sp³-hybridized carbons (Fsp3) is 0.462. The van der Waals surface area contributed by atoms with E-state index >= 15 is 0 Å². The first-order chi connectivity index (χ1) is 8.61. The maximum absolute atomic E-state index is 13.6. The third-order valence-electron chi connectivity index (χ3n) is 3.25. The first-order valence-corrected chi connectivity index (χ1v) is 6.00. The Morgan fingerprint density at radius 3 is 2.94 bits per heavy atom. The lowest BCUT2D eigenvalue weighted by molar-refractivity contribution is 0.0616. The van der Waals surface area contributed by atoms with Crippen molar-refractivity contribution < 1.29 is 19.4 Å². The number of hydrogen-bond donors (Lipinski definition) is 2. The predicted molar refractivity (Wildman–Crippen MR) is 63.8 cm³/mol. The molecule has 1 unspecified atom stereocenters. The molecule has 4 nitrogen and oxygen atoms in total. The van der Waals surface area contributed by atoms with E-state index in [1.54, 1.807) is 4.90 Å². The summed E-state index contributed by atoms with van der Waals surface area (Å²) in [5.41, 5.74) is -0.0358. The van der Waals surface area contributed by atoms with Gasteiger partial charge in [-0.25, -0.2) is 4.39 Å². The number of aliphatic hydroxyl groups is 1. The van der Waals surface area contributed by atoms with Crippen molar-refractivity contribution in [3.05, 3.63) is 29.6 Å². The van der Waals surface area contributed by atoms with Gasteiger partial charge in [0.1, 0.15) is 11.6 Å². The van der Waals surface area contributed by atoms with Crippen LogP contribution in [0.2, 0.25) is 0 Å². The molecule has 1 aliphatic heterocycles. The van der Waals surface area contributed by atoms with Gasteiger partial charge < -0.3 is 15.1 Å². The quantitative estimate of drug-likeness (QED) is 0.837. The number of aromatic hydroxyl groups is 1. The normalized spacial score (nSPS) is 19.9. The molecule has 0 saturated carbocycles. The zero-order valence-electron chi connectivity index (χ0n) is 9.97. The van der Waals surface area contributed by atoms with Crippen molar-refractivity contribution in [1.29, 1.82) is 0 Å². The highest BCUT2D eigenvalue weighted by molar-refractivity contribution is 5.94. The highest BCUT2D eigenvalue weighted by Gasteiger charge is 2.25. The second-order valence-corrected chi connectivity index (χ2v) is 4.61. The lowest BCUT2D eigenvalue weighted by Crippen LogP contribution is -2.41. The minimum Gasteiger partial charge on any atom is -0.508 e. The van der Waals surface area contributed by atoms with Crippen LogP contribution in [-0.4, -0.2) is 40.7 Å². The predicted octanol–water partition coefficient (Wildman–Crippen LogP) is 1.38. The molecule has 2 rings (SSSR count). The molecule has 0 aliphatic carbocycles. The highest BCUT2D eigenvalue weighted by Crippen LogP contribution is 2.21. The molecule has 98 valence electrons. The van der Waals surface area contributed by atoms with Crippen molar-refractivity contribution in [2.24, 2.45) is 5.92 Å². The lowest BCUT2D eigenvalue weighted by Gasteiger charge is -2.32. The van der Waals surface area contributed by atoms with Crippen LogP contribution in [0, 0.1) is 11.7 Å². The Kier molecular flexibility index (Phi) is 3.81.